The van der Waals surface area contributed by atoms with Gasteiger partial charge in [0.25, 0.3) is 0 Å². The Morgan fingerprint density at radius 2 is 2.33 bits per heavy atom. The summed E-state index contributed by atoms with van der Waals surface area (Å²) in [6, 6.07) is 1.72. The minimum Gasteiger partial charge on any atom is -0.338 e. The molecule has 0 aliphatic carbocycles. The van der Waals surface area contributed by atoms with Gasteiger partial charge in [-0.1, -0.05) is 0 Å². The van der Waals surface area contributed by atoms with Gasteiger partial charge < -0.3 is 5.84 Å². The van der Waals surface area contributed by atoms with Crippen LogP contribution in [-0.4, -0.2) is 14.6 Å². The highest BCUT2D eigenvalue weighted by molar-refractivity contribution is 5.85. The van der Waals surface area contributed by atoms with Gasteiger partial charge in [-0.15, -0.1) is 5.11 Å². The molecule has 2 aromatic heterocycles. The number of rotatable bonds is 1. The smallest absolute Gasteiger partial charge is 0.186 e. The molecule has 2 rings (SSSR count). The maximum Gasteiger partial charge on any atom is 0.186 e. The zero-order chi connectivity index (χ0) is 8.55. The predicted molar refractivity (Wildman–Crippen MR) is 42.5 cm³/mol. The monoisotopic (exact) mass is 162 g/mol. The van der Waals surface area contributed by atoms with Crippen molar-refractivity contribution in [2.75, 3.05) is 5.84 Å². The van der Waals surface area contributed by atoms with Gasteiger partial charge in [-0.3, -0.25) is 4.68 Å². The Kier molecular flexibility index (Phi) is 1.26. The van der Waals surface area contributed by atoms with Crippen molar-refractivity contribution in [3.8, 4) is 0 Å². The summed E-state index contributed by atoms with van der Waals surface area (Å²) in [5, 5.41) is 3.93. The lowest BCUT2D eigenvalue weighted by atomic mass is 10.4. The zero-order valence-electron chi connectivity index (χ0n) is 6.10. The van der Waals surface area contributed by atoms with E-state index in [0.29, 0.717) is 16.9 Å². The molecule has 0 aliphatic heterocycles. The Hall–Kier alpha value is -1.98. The molecular weight excluding hydrogens is 156 g/mol. The summed E-state index contributed by atoms with van der Waals surface area (Å²) in [6.07, 6.45) is 2.98. The summed E-state index contributed by atoms with van der Waals surface area (Å²) in [7, 11) is 0. The highest BCUT2D eigenvalue weighted by atomic mass is 15.3. The van der Waals surface area contributed by atoms with Gasteiger partial charge in [-0.05, 0) is 6.07 Å². The third-order valence-electron chi connectivity index (χ3n) is 1.59. The van der Waals surface area contributed by atoms with E-state index in [1.54, 1.807) is 12.3 Å². The van der Waals surface area contributed by atoms with E-state index in [0.717, 1.165) is 0 Å². The van der Waals surface area contributed by atoms with Crippen molar-refractivity contribution in [2.45, 2.75) is 0 Å². The van der Waals surface area contributed by atoms with Gasteiger partial charge in [-0.25, -0.2) is 15.5 Å². The van der Waals surface area contributed by atoms with Crippen molar-refractivity contribution < 1.29 is 0 Å². The molecule has 0 aromatic carbocycles. The topological polar surface area (TPSA) is 92.9 Å². The lowest BCUT2D eigenvalue weighted by molar-refractivity contribution is 1.02. The first-order valence-corrected chi connectivity index (χ1v) is 3.27. The van der Waals surface area contributed by atoms with Crippen LogP contribution in [0.5, 0.6) is 0 Å². The van der Waals surface area contributed by atoms with Crippen molar-refractivity contribution in [3.63, 3.8) is 0 Å². The first kappa shape index (κ1) is 6.71. The molecule has 2 heterocycles. The van der Waals surface area contributed by atoms with Crippen LogP contribution in [0.15, 0.2) is 23.7 Å². The van der Waals surface area contributed by atoms with Crippen LogP contribution in [0.2, 0.25) is 0 Å². The molecule has 0 fully saturated rings. The van der Waals surface area contributed by atoms with Crippen LogP contribution >= 0.6 is 0 Å². The quantitative estimate of drug-likeness (QED) is 0.480. The first-order chi connectivity index (χ1) is 5.83. The van der Waals surface area contributed by atoms with Gasteiger partial charge in [-0.2, -0.15) is 0 Å². The lowest BCUT2D eigenvalue weighted by Gasteiger charge is -1.94. The summed E-state index contributed by atoms with van der Waals surface area (Å²) in [6.45, 7) is 0. The molecular formula is C6H6N6. The molecule has 60 valence electrons. The maximum atomic E-state index is 6.82. The molecule has 0 saturated heterocycles. The molecule has 0 atom stereocenters. The molecule has 0 aliphatic rings. The Bertz CT molecular complexity index is 431. The number of fused-ring (bicyclic) bond motifs is 1. The summed E-state index contributed by atoms with van der Waals surface area (Å²) < 4.78 is 1.37. The van der Waals surface area contributed by atoms with Gasteiger partial charge in [0, 0.05) is 6.20 Å². The summed E-state index contributed by atoms with van der Waals surface area (Å²) in [4.78, 5) is 7.74. The van der Waals surface area contributed by atoms with Crippen molar-refractivity contribution in [1.82, 2.24) is 14.6 Å². The van der Waals surface area contributed by atoms with Gasteiger partial charge in [0.1, 0.15) is 6.33 Å². The van der Waals surface area contributed by atoms with Crippen molar-refractivity contribution in [1.29, 1.82) is 5.53 Å². The van der Waals surface area contributed by atoms with E-state index < -0.39 is 0 Å². The zero-order valence-corrected chi connectivity index (χ0v) is 6.10. The molecule has 0 saturated carbocycles. The number of hydrogen-bond donors (Lipinski definition) is 2. The van der Waals surface area contributed by atoms with Gasteiger partial charge in [0.2, 0.25) is 0 Å². The van der Waals surface area contributed by atoms with E-state index in [1.807, 2.05) is 0 Å². The SMILES string of the molecule is N=Nc1ncnc2c1ccn2N. The van der Waals surface area contributed by atoms with E-state index in [4.69, 9.17) is 11.4 Å². The Morgan fingerprint density at radius 3 is 3.08 bits per heavy atom. The number of aromatic nitrogens is 3. The van der Waals surface area contributed by atoms with E-state index in [1.165, 1.54) is 11.0 Å². The third-order valence-corrected chi connectivity index (χ3v) is 1.59. The molecule has 12 heavy (non-hydrogen) atoms. The highest BCUT2D eigenvalue weighted by Crippen LogP contribution is 2.20. The second-order valence-electron chi connectivity index (χ2n) is 2.27. The fourth-order valence-electron chi connectivity index (χ4n) is 1.05. The fraction of sp³-hybridized carbons (Fsp3) is 0. The summed E-state index contributed by atoms with van der Waals surface area (Å²) >= 11 is 0. The van der Waals surface area contributed by atoms with Crippen LogP contribution in [-0.2, 0) is 0 Å². The van der Waals surface area contributed by atoms with E-state index in [-0.39, 0.29) is 0 Å². The normalized spacial score (nSPS) is 10.3. The van der Waals surface area contributed by atoms with Crippen LogP contribution in [0.1, 0.15) is 0 Å². The van der Waals surface area contributed by atoms with Crippen molar-refractivity contribution in [3.05, 3.63) is 18.6 Å². The maximum absolute atomic E-state index is 6.82. The molecule has 0 bridgehead atoms. The molecule has 6 nitrogen and oxygen atoms in total. The fourth-order valence-corrected chi connectivity index (χ4v) is 1.05. The van der Waals surface area contributed by atoms with Gasteiger partial charge in [0.15, 0.2) is 11.5 Å². The standard InChI is InChI=1S/C6H6N6/c7-11-5-4-1-2-12(8)6(4)10-3-9-5/h1-3,7H,8H2. The van der Waals surface area contributed by atoms with Crippen LogP contribution in [0.25, 0.3) is 11.0 Å². The predicted octanol–water partition coefficient (Wildman–Crippen LogP) is 0.808. The van der Waals surface area contributed by atoms with Crippen LogP contribution in [0.4, 0.5) is 5.82 Å². The van der Waals surface area contributed by atoms with E-state index in [9.17, 15) is 0 Å². The summed E-state index contributed by atoms with van der Waals surface area (Å²) in [5.74, 6) is 5.86. The number of nitrogens with one attached hydrogen (secondary N) is 1. The Labute approximate surface area is 67.5 Å². The van der Waals surface area contributed by atoms with Crippen molar-refractivity contribution in [2.24, 2.45) is 5.11 Å². The average molecular weight is 162 g/mol. The minimum atomic E-state index is 0.337. The second kappa shape index (κ2) is 2.26. The molecule has 6 heteroatoms. The number of nitrogen functional groups attached to an aromatic ring is 1. The second-order valence-corrected chi connectivity index (χ2v) is 2.27. The number of hydrogen-bond acceptors (Lipinski definition) is 5. The number of nitrogens with zero attached hydrogens (tertiary/aromatic N) is 4. The molecule has 0 radical (unpaired) electrons. The van der Waals surface area contributed by atoms with Crippen LogP contribution in [0, 0.1) is 5.53 Å². The first-order valence-electron chi connectivity index (χ1n) is 3.27. The largest absolute Gasteiger partial charge is 0.338 e. The van der Waals surface area contributed by atoms with E-state index in [2.05, 4.69) is 15.1 Å². The Balaban J connectivity index is 2.89. The Morgan fingerprint density at radius 1 is 1.50 bits per heavy atom. The minimum absolute atomic E-state index is 0.337. The number of nitrogens with two attached hydrogens (primary N) is 1. The summed E-state index contributed by atoms with van der Waals surface area (Å²) in [5.41, 5.74) is 7.40. The molecule has 3 N–H and O–H groups in total. The molecule has 0 amide bonds. The highest BCUT2D eigenvalue weighted by Gasteiger charge is 2.04. The van der Waals surface area contributed by atoms with Crippen LogP contribution < -0.4 is 5.84 Å². The third kappa shape index (κ3) is 0.746. The molecule has 0 spiro atoms. The van der Waals surface area contributed by atoms with Gasteiger partial charge >= 0.3 is 0 Å². The van der Waals surface area contributed by atoms with Crippen LogP contribution in [0.3, 0.4) is 0 Å². The average Bonchev–Trinajstić information content (AvgIpc) is 2.48. The van der Waals surface area contributed by atoms with Crippen molar-refractivity contribution >= 4 is 16.9 Å². The molecule has 2 aromatic rings. The van der Waals surface area contributed by atoms with E-state index >= 15 is 0 Å². The lowest BCUT2D eigenvalue weighted by Crippen LogP contribution is -2.06. The molecule has 0 unspecified atom stereocenters. The van der Waals surface area contributed by atoms with Gasteiger partial charge in [0.05, 0.1) is 5.39 Å².